The average molecular weight is 361 g/mol. The molecule has 1 fully saturated rings. The highest BCUT2D eigenvalue weighted by atomic mass is 35.5. The van der Waals surface area contributed by atoms with Gasteiger partial charge in [0.15, 0.2) is 4.47 Å². The maximum Gasteiger partial charge on any atom is 0.267 e. The second kappa shape index (κ2) is 6.64. The molecule has 2 aromatic rings. The zero-order valence-corrected chi connectivity index (χ0v) is 14.3. The minimum absolute atomic E-state index is 0.140. The van der Waals surface area contributed by atoms with Crippen molar-refractivity contribution in [1.29, 1.82) is 0 Å². The van der Waals surface area contributed by atoms with Crippen molar-refractivity contribution in [3.63, 3.8) is 0 Å². The summed E-state index contributed by atoms with van der Waals surface area (Å²) < 4.78 is 24.9. The number of aromatic nitrogens is 4. The van der Waals surface area contributed by atoms with Crippen LogP contribution in [-0.4, -0.2) is 28.6 Å². The number of halogens is 1. The lowest BCUT2D eigenvalue weighted by atomic mass is 10.0. The van der Waals surface area contributed by atoms with Crippen LogP contribution in [0.15, 0.2) is 11.4 Å². The van der Waals surface area contributed by atoms with E-state index >= 15 is 0 Å². The highest BCUT2D eigenvalue weighted by Gasteiger charge is 2.23. The molecule has 1 aliphatic rings. The number of hydrogen-bond acceptors (Lipinski definition) is 6. The third-order valence-corrected chi connectivity index (χ3v) is 6.64. The summed E-state index contributed by atoms with van der Waals surface area (Å²) in [7, 11) is -3.56. The topological polar surface area (TPSA) is 88.6 Å². The predicted octanol–water partition coefficient (Wildman–Crippen LogP) is 3.01. The fourth-order valence-electron chi connectivity index (χ4n) is 2.77. The van der Waals surface area contributed by atoms with E-state index < -0.39 is 9.84 Å². The first-order valence-electron chi connectivity index (χ1n) is 7.27. The van der Waals surface area contributed by atoms with E-state index in [4.69, 9.17) is 11.6 Å². The number of thiazole rings is 1. The fraction of sp³-hybridized carbons (Fsp3) is 0.615. The summed E-state index contributed by atoms with van der Waals surface area (Å²) in [6.45, 7) is 0. The van der Waals surface area contributed by atoms with Crippen LogP contribution < -0.4 is 0 Å². The maximum absolute atomic E-state index is 12.3. The van der Waals surface area contributed by atoms with Gasteiger partial charge in [-0.05, 0) is 12.3 Å². The molecular weight excluding hydrogens is 344 g/mol. The van der Waals surface area contributed by atoms with Crippen molar-refractivity contribution < 1.29 is 8.42 Å². The first kappa shape index (κ1) is 15.9. The van der Waals surface area contributed by atoms with Gasteiger partial charge in [0.25, 0.3) is 5.16 Å². The van der Waals surface area contributed by atoms with Gasteiger partial charge in [-0.1, -0.05) is 37.3 Å². The number of nitrogens with one attached hydrogen (secondary N) is 1. The SMILES string of the molecule is O=S(=O)(Cc1cnc(Cl)s1)c1n[nH]c(CCC2CCCC2)n1. The third-order valence-electron chi connectivity index (χ3n) is 3.91. The standard InChI is InChI=1S/C13H17ClN4O2S2/c14-12-15-7-10(21-12)8-22(19,20)13-16-11(17-18-13)6-5-9-3-1-2-4-9/h7,9H,1-6,8H2,(H,16,17,18). The van der Waals surface area contributed by atoms with Crippen LogP contribution >= 0.6 is 22.9 Å². The number of aromatic amines is 1. The molecule has 1 saturated carbocycles. The number of aryl methyl sites for hydroxylation is 1. The Hall–Kier alpha value is -0.990. The summed E-state index contributed by atoms with van der Waals surface area (Å²) in [4.78, 5) is 8.57. The highest BCUT2D eigenvalue weighted by molar-refractivity contribution is 7.90. The monoisotopic (exact) mass is 360 g/mol. The lowest BCUT2D eigenvalue weighted by molar-refractivity contribution is 0.497. The zero-order valence-electron chi connectivity index (χ0n) is 12.0. The van der Waals surface area contributed by atoms with Gasteiger partial charge in [-0.15, -0.1) is 16.4 Å². The van der Waals surface area contributed by atoms with Gasteiger partial charge in [-0.2, -0.15) is 0 Å². The molecule has 9 heteroatoms. The van der Waals surface area contributed by atoms with Gasteiger partial charge in [0.1, 0.15) is 5.82 Å². The minimum atomic E-state index is -3.56. The summed E-state index contributed by atoms with van der Waals surface area (Å²) in [6.07, 6.45) is 8.41. The van der Waals surface area contributed by atoms with Crippen LogP contribution in [0.4, 0.5) is 0 Å². The molecule has 1 aliphatic carbocycles. The van der Waals surface area contributed by atoms with Crippen LogP contribution in [0.25, 0.3) is 0 Å². The molecule has 0 aliphatic heterocycles. The summed E-state index contributed by atoms with van der Waals surface area (Å²) in [5.41, 5.74) is 0. The van der Waals surface area contributed by atoms with Gasteiger partial charge in [-0.3, -0.25) is 5.10 Å². The average Bonchev–Trinajstić information content (AvgIpc) is 3.17. The van der Waals surface area contributed by atoms with Crippen molar-refractivity contribution in [2.24, 2.45) is 5.92 Å². The summed E-state index contributed by atoms with van der Waals surface area (Å²) in [5.74, 6) is 1.22. The Balaban J connectivity index is 1.63. The van der Waals surface area contributed by atoms with Crippen LogP contribution in [0, 0.1) is 5.92 Å². The van der Waals surface area contributed by atoms with Gasteiger partial charge in [0, 0.05) is 17.5 Å². The van der Waals surface area contributed by atoms with E-state index in [-0.39, 0.29) is 10.9 Å². The smallest absolute Gasteiger partial charge is 0.262 e. The van der Waals surface area contributed by atoms with Crippen molar-refractivity contribution in [3.05, 3.63) is 21.4 Å². The Labute approximate surface area is 138 Å². The predicted molar refractivity (Wildman–Crippen MR) is 84.7 cm³/mol. The largest absolute Gasteiger partial charge is 0.267 e. The van der Waals surface area contributed by atoms with E-state index in [0.29, 0.717) is 15.2 Å². The summed E-state index contributed by atoms with van der Waals surface area (Å²) >= 11 is 6.87. The zero-order chi connectivity index (χ0) is 15.6. The van der Waals surface area contributed by atoms with E-state index in [0.717, 1.165) is 30.1 Å². The van der Waals surface area contributed by atoms with Crippen molar-refractivity contribution in [1.82, 2.24) is 20.2 Å². The van der Waals surface area contributed by atoms with Gasteiger partial charge in [-0.25, -0.2) is 18.4 Å². The normalized spacial score (nSPS) is 16.4. The Kier molecular flexibility index (Phi) is 4.79. The van der Waals surface area contributed by atoms with E-state index in [2.05, 4.69) is 20.2 Å². The maximum atomic E-state index is 12.3. The molecule has 0 atom stereocenters. The number of hydrogen-bond donors (Lipinski definition) is 1. The van der Waals surface area contributed by atoms with Crippen molar-refractivity contribution in [3.8, 4) is 0 Å². The number of rotatable bonds is 6. The van der Waals surface area contributed by atoms with Gasteiger partial charge in [0.05, 0.1) is 5.75 Å². The Morgan fingerprint density at radius 2 is 2.14 bits per heavy atom. The Bertz CT molecular complexity index is 735. The van der Waals surface area contributed by atoms with Gasteiger partial charge >= 0.3 is 0 Å². The number of H-pyrrole nitrogens is 1. The van der Waals surface area contributed by atoms with E-state index in [1.807, 2.05) is 0 Å². The molecule has 3 rings (SSSR count). The molecule has 2 heterocycles. The molecule has 1 N–H and O–H groups in total. The van der Waals surface area contributed by atoms with Crippen LogP contribution in [-0.2, 0) is 22.0 Å². The highest BCUT2D eigenvalue weighted by Crippen LogP contribution is 2.28. The molecule has 22 heavy (non-hydrogen) atoms. The van der Waals surface area contributed by atoms with Crippen LogP contribution in [0.3, 0.4) is 0 Å². The van der Waals surface area contributed by atoms with Gasteiger partial charge in [0.2, 0.25) is 9.84 Å². The van der Waals surface area contributed by atoms with E-state index in [1.165, 1.54) is 31.9 Å². The van der Waals surface area contributed by atoms with Crippen molar-refractivity contribution in [2.75, 3.05) is 0 Å². The molecule has 0 aromatic carbocycles. The van der Waals surface area contributed by atoms with Crippen LogP contribution in [0.5, 0.6) is 0 Å². The molecule has 0 amide bonds. The van der Waals surface area contributed by atoms with Crippen molar-refractivity contribution in [2.45, 2.75) is 49.4 Å². The van der Waals surface area contributed by atoms with E-state index in [9.17, 15) is 8.42 Å². The molecule has 0 unspecified atom stereocenters. The molecule has 0 bridgehead atoms. The number of sulfone groups is 1. The Morgan fingerprint density at radius 1 is 1.36 bits per heavy atom. The molecule has 120 valence electrons. The summed E-state index contributed by atoms with van der Waals surface area (Å²) in [5, 5.41) is 6.47. The first-order valence-corrected chi connectivity index (χ1v) is 10.1. The molecule has 0 saturated heterocycles. The summed E-state index contributed by atoms with van der Waals surface area (Å²) in [6, 6.07) is 0. The lowest BCUT2D eigenvalue weighted by Gasteiger charge is -2.05. The fourth-order valence-corrected chi connectivity index (χ4v) is 5.26. The van der Waals surface area contributed by atoms with Gasteiger partial charge < -0.3 is 0 Å². The van der Waals surface area contributed by atoms with Crippen molar-refractivity contribution >= 4 is 32.8 Å². The molecule has 0 spiro atoms. The van der Waals surface area contributed by atoms with Crippen LogP contribution in [0.1, 0.15) is 42.8 Å². The lowest BCUT2D eigenvalue weighted by Crippen LogP contribution is -2.06. The second-order valence-corrected chi connectivity index (χ2v) is 9.17. The second-order valence-electron chi connectivity index (χ2n) is 5.59. The first-order chi connectivity index (χ1) is 10.5. The molecule has 2 aromatic heterocycles. The molecule has 6 nitrogen and oxygen atoms in total. The molecular formula is C13H17ClN4O2S2. The van der Waals surface area contributed by atoms with E-state index in [1.54, 1.807) is 0 Å². The minimum Gasteiger partial charge on any atom is -0.262 e. The third kappa shape index (κ3) is 3.85. The van der Waals surface area contributed by atoms with Crippen LogP contribution in [0.2, 0.25) is 4.47 Å². The number of nitrogens with zero attached hydrogens (tertiary/aromatic N) is 3. The Morgan fingerprint density at radius 3 is 2.82 bits per heavy atom. The molecule has 0 radical (unpaired) electrons. The quantitative estimate of drug-likeness (QED) is 0.855.